The second kappa shape index (κ2) is 8.96. The van der Waals surface area contributed by atoms with E-state index in [9.17, 15) is 0 Å². The van der Waals surface area contributed by atoms with Crippen LogP contribution >= 0.6 is 0 Å². The molecular weight excluding hydrogens is 424 g/mol. The zero-order valence-corrected chi connectivity index (χ0v) is 20.5. The first-order valence-corrected chi connectivity index (χ1v) is 15.2. The fraction of sp³-hybridized carbons (Fsp3) is 0.259. The Morgan fingerprint density at radius 2 is 1.88 bits per heavy atom. The molecule has 1 N–H and O–H groups in total. The molecule has 168 valence electrons. The van der Waals surface area contributed by atoms with Gasteiger partial charge in [-0.2, -0.15) is 5.10 Å². The molecule has 0 saturated carbocycles. The average molecular weight is 455 g/mol. The zero-order chi connectivity index (χ0) is 22.8. The minimum Gasteiger partial charge on any atom is -0.369 e. The van der Waals surface area contributed by atoms with Gasteiger partial charge in [-0.3, -0.25) is 4.68 Å². The summed E-state index contributed by atoms with van der Waals surface area (Å²) in [6.45, 7) is 8.60. The molecule has 3 heterocycles. The topological polar surface area (TPSA) is 55.7 Å². The third-order valence-electron chi connectivity index (χ3n) is 6.03. The van der Waals surface area contributed by atoms with Crippen LogP contribution in [-0.2, 0) is 11.3 Å². The van der Waals surface area contributed by atoms with Crippen molar-refractivity contribution >= 4 is 29.9 Å². The Hall–Kier alpha value is -3.22. The normalized spacial score (nSPS) is 13.1. The Bertz CT molecular complexity index is 1380. The SMILES string of the molecule is C[Si](C)(C)CCOC(c1cnn(Cc2ccc3ccccc3c2)c1)c1ccnc2[nH]ccc12. The van der Waals surface area contributed by atoms with Gasteiger partial charge in [0.25, 0.3) is 0 Å². The molecule has 5 rings (SSSR count). The van der Waals surface area contributed by atoms with Crippen molar-refractivity contribution in [2.45, 2.75) is 38.3 Å². The van der Waals surface area contributed by atoms with Gasteiger partial charge in [0.2, 0.25) is 0 Å². The molecule has 0 bridgehead atoms. The lowest BCUT2D eigenvalue weighted by molar-refractivity contribution is 0.0916. The van der Waals surface area contributed by atoms with E-state index in [1.807, 2.05) is 23.3 Å². The number of aromatic amines is 1. The second-order valence-electron chi connectivity index (χ2n) is 9.85. The Balaban J connectivity index is 1.43. The summed E-state index contributed by atoms with van der Waals surface area (Å²) in [5.74, 6) is 0. The first kappa shape index (κ1) is 21.6. The van der Waals surface area contributed by atoms with Crippen molar-refractivity contribution in [3.8, 4) is 0 Å². The van der Waals surface area contributed by atoms with Crippen LogP contribution in [0, 0.1) is 0 Å². The number of H-pyrrole nitrogens is 1. The molecule has 5 aromatic rings. The van der Waals surface area contributed by atoms with Crippen LogP contribution in [0.4, 0.5) is 0 Å². The molecule has 3 aromatic heterocycles. The molecule has 0 fully saturated rings. The maximum absolute atomic E-state index is 6.53. The summed E-state index contributed by atoms with van der Waals surface area (Å²) < 4.78 is 8.53. The van der Waals surface area contributed by atoms with Crippen LogP contribution in [0.25, 0.3) is 21.8 Å². The molecule has 0 radical (unpaired) electrons. The summed E-state index contributed by atoms with van der Waals surface area (Å²) in [6, 6.07) is 20.3. The van der Waals surface area contributed by atoms with Crippen molar-refractivity contribution in [3.63, 3.8) is 0 Å². The highest BCUT2D eigenvalue weighted by Gasteiger charge is 2.22. The molecule has 0 aliphatic heterocycles. The lowest BCUT2D eigenvalue weighted by Crippen LogP contribution is -2.22. The van der Waals surface area contributed by atoms with Crippen molar-refractivity contribution in [1.29, 1.82) is 0 Å². The molecule has 0 saturated heterocycles. The van der Waals surface area contributed by atoms with Crippen molar-refractivity contribution in [1.82, 2.24) is 19.7 Å². The predicted octanol–water partition coefficient (Wildman–Crippen LogP) is 6.41. The van der Waals surface area contributed by atoms with E-state index in [1.54, 1.807) is 0 Å². The van der Waals surface area contributed by atoms with Crippen molar-refractivity contribution in [3.05, 3.63) is 96.1 Å². The fourth-order valence-electron chi connectivity index (χ4n) is 4.19. The summed E-state index contributed by atoms with van der Waals surface area (Å²) in [5.41, 5.74) is 4.31. The number of nitrogens with one attached hydrogen (secondary N) is 1. The Kier molecular flexibility index (Phi) is 5.87. The minimum atomic E-state index is -1.20. The summed E-state index contributed by atoms with van der Waals surface area (Å²) >= 11 is 0. The van der Waals surface area contributed by atoms with Gasteiger partial charge >= 0.3 is 0 Å². The fourth-order valence-corrected chi connectivity index (χ4v) is 4.92. The van der Waals surface area contributed by atoms with Gasteiger partial charge < -0.3 is 9.72 Å². The molecule has 0 amide bonds. The minimum absolute atomic E-state index is 0.173. The van der Waals surface area contributed by atoms with Gasteiger partial charge in [0, 0.05) is 44.2 Å². The van der Waals surface area contributed by atoms with E-state index in [1.165, 1.54) is 16.3 Å². The average Bonchev–Trinajstić information content (AvgIpc) is 3.45. The number of aromatic nitrogens is 4. The van der Waals surface area contributed by atoms with Gasteiger partial charge in [-0.05, 0) is 46.1 Å². The van der Waals surface area contributed by atoms with Crippen LogP contribution in [0.1, 0.15) is 22.8 Å². The molecular formula is C27H30N4OSi. The number of fused-ring (bicyclic) bond motifs is 2. The number of ether oxygens (including phenoxy) is 1. The largest absolute Gasteiger partial charge is 0.369 e. The predicted molar refractivity (Wildman–Crippen MR) is 137 cm³/mol. The lowest BCUT2D eigenvalue weighted by Gasteiger charge is -2.21. The standard InChI is InChI=1S/C27H30N4OSi/c1-33(2,3)15-14-32-26(24-10-12-28-27-25(24)11-13-29-27)23-17-30-31(19-23)18-20-8-9-21-6-4-5-7-22(21)16-20/h4-13,16-17,19,26H,14-15,18H2,1-3H3,(H,28,29). The summed E-state index contributed by atoms with van der Waals surface area (Å²) in [6.07, 6.45) is 7.67. The number of benzene rings is 2. The van der Waals surface area contributed by atoms with Gasteiger partial charge in [0.1, 0.15) is 11.8 Å². The van der Waals surface area contributed by atoms with Gasteiger partial charge in [0.15, 0.2) is 0 Å². The Morgan fingerprint density at radius 1 is 1.03 bits per heavy atom. The highest BCUT2D eigenvalue weighted by Crippen LogP contribution is 2.31. The van der Waals surface area contributed by atoms with Crippen molar-refractivity contribution < 1.29 is 4.74 Å². The van der Waals surface area contributed by atoms with Crippen molar-refractivity contribution in [2.75, 3.05) is 6.61 Å². The van der Waals surface area contributed by atoms with Gasteiger partial charge in [-0.25, -0.2) is 4.98 Å². The molecule has 1 atom stereocenters. The van der Waals surface area contributed by atoms with Crippen LogP contribution in [-0.4, -0.2) is 34.4 Å². The van der Waals surface area contributed by atoms with E-state index in [0.717, 1.165) is 41.4 Å². The smallest absolute Gasteiger partial charge is 0.137 e. The highest BCUT2D eigenvalue weighted by atomic mass is 28.3. The Morgan fingerprint density at radius 3 is 2.73 bits per heavy atom. The molecule has 2 aromatic carbocycles. The number of pyridine rings is 1. The van der Waals surface area contributed by atoms with E-state index < -0.39 is 8.07 Å². The van der Waals surface area contributed by atoms with Gasteiger partial charge in [0.05, 0.1) is 12.7 Å². The third kappa shape index (κ3) is 4.92. The van der Waals surface area contributed by atoms with Crippen LogP contribution in [0.2, 0.25) is 25.7 Å². The number of rotatable bonds is 8. The quantitative estimate of drug-likeness (QED) is 0.276. The number of hydrogen-bond acceptors (Lipinski definition) is 3. The summed E-state index contributed by atoms with van der Waals surface area (Å²) in [4.78, 5) is 7.68. The van der Waals surface area contributed by atoms with Gasteiger partial charge in [-0.1, -0.05) is 56.0 Å². The maximum atomic E-state index is 6.53. The summed E-state index contributed by atoms with van der Waals surface area (Å²) in [7, 11) is -1.20. The molecule has 5 nitrogen and oxygen atoms in total. The van der Waals surface area contributed by atoms with Gasteiger partial charge in [-0.15, -0.1) is 0 Å². The molecule has 0 aliphatic carbocycles. The number of hydrogen-bond donors (Lipinski definition) is 1. The zero-order valence-electron chi connectivity index (χ0n) is 19.5. The lowest BCUT2D eigenvalue weighted by atomic mass is 10.0. The maximum Gasteiger partial charge on any atom is 0.137 e. The number of nitrogens with zero attached hydrogens (tertiary/aromatic N) is 3. The first-order chi connectivity index (χ1) is 16.0. The molecule has 33 heavy (non-hydrogen) atoms. The molecule has 0 aliphatic rings. The monoisotopic (exact) mass is 454 g/mol. The first-order valence-electron chi connectivity index (χ1n) is 11.5. The van der Waals surface area contributed by atoms with Crippen LogP contribution < -0.4 is 0 Å². The van der Waals surface area contributed by atoms with E-state index in [0.29, 0.717) is 0 Å². The van der Waals surface area contributed by atoms with Crippen LogP contribution in [0.3, 0.4) is 0 Å². The van der Waals surface area contributed by atoms with Crippen molar-refractivity contribution in [2.24, 2.45) is 0 Å². The van der Waals surface area contributed by atoms with Crippen LogP contribution in [0.5, 0.6) is 0 Å². The second-order valence-corrected chi connectivity index (χ2v) is 15.5. The summed E-state index contributed by atoms with van der Waals surface area (Å²) in [5, 5.41) is 8.29. The van der Waals surface area contributed by atoms with E-state index in [4.69, 9.17) is 4.74 Å². The van der Waals surface area contributed by atoms with E-state index in [2.05, 4.69) is 95.5 Å². The molecule has 0 spiro atoms. The third-order valence-corrected chi connectivity index (χ3v) is 7.73. The molecule has 6 heteroatoms. The highest BCUT2D eigenvalue weighted by molar-refractivity contribution is 6.76. The van der Waals surface area contributed by atoms with E-state index >= 15 is 0 Å². The van der Waals surface area contributed by atoms with E-state index in [-0.39, 0.29) is 6.10 Å². The van der Waals surface area contributed by atoms with Crippen LogP contribution in [0.15, 0.2) is 79.4 Å². The Labute approximate surface area is 195 Å². The molecule has 1 unspecified atom stereocenters.